The zero-order valence-corrected chi connectivity index (χ0v) is 12.6. The van der Waals surface area contributed by atoms with Crippen LogP contribution in [0.1, 0.15) is 13.3 Å². The molecule has 0 aliphatic heterocycles. The van der Waals surface area contributed by atoms with Gasteiger partial charge >= 0.3 is 0 Å². The van der Waals surface area contributed by atoms with Gasteiger partial charge in [0, 0.05) is 31.8 Å². The van der Waals surface area contributed by atoms with Gasteiger partial charge in [-0.15, -0.1) is 11.3 Å². The smallest absolute Gasteiger partial charge is 0.260 e. The lowest BCUT2D eigenvalue weighted by molar-refractivity contribution is 0.211. The number of methoxy groups -OCH3 is 1. The molecule has 1 N–H and O–H groups in total. The first-order chi connectivity index (χ1) is 9.76. The Morgan fingerprint density at radius 3 is 3.10 bits per heavy atom. The second kappa shape index (κ2) is 7.21. The van der Waals surface area contributed by atoms with Crippen LogP contribution in [0, 0.1) is 0 Å². The van der Waals surface area contributed by atoms with Gasteiger partial charge in [0.15, 0.2) is 5.13 Å². The molecule has 0 atom stereocenters. The Labute approximate surface area is 122 Å². The van der Waals surface area contributed by atoms with E-state index in [1.54, 1.807) is 11.7 Å². The average molecular weight is 293 g/mol. The maximum absolute atomic E-state index is 12.3. The van der Waals surface area contributed by atoms with E-state index in [0.717, 1.165) is 23.8 Å². The molecule has 2 rings (SSSR count). The largest absolute Gasteiger partial charge is 0.383 e. The molecule has 2 heterocycles. The number of pyridine rings is 1. The van der Waals surface area contributed by atoms with E-state index < -0.39 is 0 Å². The van der Waals surface area contributed by atoms with Crippen molar-refractivity contribution in [2.24, 2.45) is 0 Å². The van der Waals surface area contributed by atoms with Crippen molar-refractivity contribution in [2.45, 2.75) is 19.9 Å². The molecule has 5 nitrogen and oxygen atoms in total. The normalized spacial score (nSPS) is 10.7. The molecule has 0 fully saturated rings. The lowest BCUT2D eigenvalue weighted by Gasteiger charge is -2.05. The molecule has 108 valence electrons. The van der Waals surface area contributed by atoms with E-state index in [-0.39, 0.29) is 5.56 Å². The van der Waals surface area contributed by atoms with Crippen LogP contribution in [-0.2, 0) is 11.3 Å². The first-order valence-electron chi connectivity index (χ1n) is 6.64. The van der Waals surface area contributed by atoms with Crippen LogP contribution in [0.25, 0.3) is 11.3 Å². The van der Waals surface area contributed by atoms with E-state index in [2.05, 4.69) is 17.2 Å². The minimum atomic E-state index is 0.0168. The molecule has 0 amide bonds. The van der Waals surface area contributed by atoms with Crippen molar-refractivity contribution in [3.8, 4) is 11.3 Å². The van der Waals surface area contributed by atoms with Crippen molar-refractivity contribution in [1.82, 2.24) is 9.55 Å². The molecule has 0 aliphatic rings. The van der Waals surface area contributed by atoms with Gasteiger partial charge in [0.25, 0.3) is 5.56 Å². The fourth-order valence-corrected chi connectivity index (χ4v) is 2.63. The molecule has 2 aromatic heterocycles. The highest BCUT2D eigenvalue weighted by molar-refractivity contribution is 7.14. The van der Waals surface area contributed by atoms with E-state index in [1.165, 1.54) is 11.3 Å². The monoisotopic (exact) mass is 293 g/mol. The number of hydrogen-bond donors (Lipinski definition) is 1. The molecule has 0 radical (unpaired) electrons. The van der Waals surface area contributed by atoms with Crippen LogP contribution in [0.5, 0.6) is 0 Å². The van der Waals surface area contributed by atoms with E-state index in [1.807, 2.05) is 23.7 Å². The molecule has 2 aromatic rings. The Kier molecular flexibility index (Phi) is 5.31. The van der Waals surface area contributed by atoms with Crippen LogP contribution >= 0.6 is 11.3 Å². The molecule has 0 saturated carbocycles. The summed E-state index contributed by atoms with van der Waals surface area (Å²) in [6.07, 6.45) is 2.75. The lowest BCUT2D eigenvalue weighted by Crippen LogP contribution is -2.20. The van der Waals surface area contributed by atoms with Crippen LogP contribution in [0.3, 0.4) is 0 Å². The van der Waals surface area contributed by atoms with Crippen molar-refractivity contribution < 1.29 is 4.74 Å². The second-order valence-corrected chi connectivity index (χ2v) is 5.24. The summed E-state index contributed by atoms with van der Waals surface area (Å²) in [6.45, 7) is 4.12. The zero-order chi connectivity index (χ0) is 14.4. The van der Waals surface area contributed by atoms with E-state index in [0.29, 0.717) is 18.7 Å². The van der Waals surface area contributed by atoms with E-state index in [9.17, 15) is 4.79 Å². The van der Waals surface area contributed by atoms with Crippen LogP contribution < -0.4 is 10.9 Å². The van der Waals surface area contributed by atoms with Gasteiger partial charge in [0.2, 0.25) is 0 Å². The highest BCUT2D eigenvalue weighted by Crippen LogP contribution is 2.22. The molecule has 0 spiro atoms. The first kappa shape index (κ1) is 14.7. The molecule has 0 saturated heterocycles. The van der Waals surface area contributed by atoms with Gasteiger partial charge in [-0.2, -0.15) is 0 Å². The first-order valence-corrected chi connectivity index (χ1v) is 7.52. The molecule has 6 heteroatoms. The summed E-state index contributed by atoms with van der Waals surface area (Å²) in [7, 11) is 1.66. The number of aromatic nitrogens is 2. The Balaban J connectivity index is 2.19. The molecule has 0 aliphatic carbocycles. The Bertz CT molecular complexity index is 606. The van der Waals surface area contributed by atoms with Gasteiger partial charge in [-0.25, -0.2) is 4.98 Å². The van der Waals surface area contributed by atoms with Crippen LogP contribution in [0.4, 0.5) is 5.13 Å². The summed E-state index contributed by atoms with van der Waals surface area (Å²) in [5.41, 5.74) is 1.39. The molecular formula is C14H19N3O2S. The van der Waals surface area contributed by atoms with Gasteiger partial charge < -0.3 is 14.6 Å². The number of aryl methyl sites for hydroxylation is 1. The molecule has 0 aromatic carbocycles. The Morgan fingerprint density at radius 1 is 1.50 bits per heavy atom. The second-order valence-electron chi connectivity index (χ2n) is 4.38. The van der Waals surface area contributed by atoms with Crippen LogP contribution in [-0.4, -0.2) is 29.8 Å². The molecule has 20 heavy (non-hydrogen) atoms. The summed E-state index contributed by atoms with van der Waals surface area (Å²) in [5.74, 6) is 0. The van der Waals surface area contributed by atoms with Gasteiger partial charge in [-0.05, 0) is 18.6 Å². The number of thiazole rings is 1. The van der Waals surface area contributed by atoms with Crippen molar-refractivity contribution in [1.29, 1.82) is 0 Å². The zero-order valence-electron chi connectivity index (χ0n) is 11.8. The van der Waals surface area contributed by atoms with Gasteiger partial charge in [0.1, 0.15) is 0 Å². The third kappa shape index (κ3) is 3.46. The molecular weight excluding hydrogens is 274 g/mol. The number of ether oxygens (including phenoxy) is 1. The summed E-state index contributed by atoms with van der Waals surface area (Å²) < 4.78 is 6.71. The van der Waals surface area contributed by atoms with Gasteiger partial charge in [-0.3, -0.25) is 4.79 Å². The standard InChI is InChI=1S/C14H19N3O2S/c1-3-7-17-8-4-5-11(13(17)18)12-10-20-14(16-12)15-6-9-19-2/h4-5,8,10H,3,6-7,9H2,1-2H3,(H,15,16). The maximum Gasteiger partial charge on any atom is 0.260 e. The number of nitrogens with one attached hydrogen (secondary N) is 1. The average Bonchev–Trinajstić information content (AvgIpc) is 2.90. The predicted octanol–water partition coefficient (Wildman–Crippen LogP) is 2.44. The van der Waals surface area contributed by atoms with Crippen LogP contribution in [0.2, 0.25) is 0 Å². The molecule has 0 unspecified atom stereocenters. The Hall–Kier alpha value is -1.66. The third-order valence-corrected chi connectivity index (χ3v) is 3.65. The van der Waals surface area contributed by atoms with Crippen molar-refractivity contribution in [2.75, 3.05) is 25.6 Å². The number of rotatable bonds is 7. The fraction of sp³-hybridized carbons (Fsp3) is 0.429. The van der Waals surface area contributed by atoms with E-state index in [4.69, 9.17) is 4.74 Å². The number of anilines is 1. The number of hydrogen-bond acceptors (Lipinski definition) is 5. The Morgan fingerprint density at radius 2 is 2.35 bits per heavy atom. The number of nitrogens with zero attached hydrogens (tertiary/aromatic N) is 2. The van der Waals surface area contributed by atoms with Crippen molar-refractivity contribution >= 4 is 16.5 Å². The predicted molar refractivity (Wildman–Crippen MR) is 82.5 cm³/mol. The van der Waals surface area contributed by atoms with Crippen LogP contribution in [0.15, 0.2) is 28.5 Å². The summed E-state index contributed by atoms with van der Waals surface area (Å²) >= 11 is 1.50. The highest BCUT2D eigenvalue weighted by atomic mass is 32.1. The summed E-state index contributed by atoms with van der Waals surface area (Å²) in [4.78, 5) is 16.8. The van der Waals surface area contributed by atoms with Crippen molar-refractivity contribution in [3.05, 3.63) is 34.1 Å². The van der Waals surface area contributed by atoms with E-state index >= 15 is 0 Å². The minimum absolute atomic E-state index is 0.0168. The van der Waals surface area contributed by atoms with Gasteiger partial charge in [-0.1, -0.05) is 6.92 Å². The molecule has 0 bridgehead atoms. The quantitative estimate of drug-likeness (QED) is 0.797. The SMILES string of the molecule is CCCn1cccc(-c2csc(NCCOC)n2)c1=O. The topological polar surface area (TPSA) is 56.1 Å². The summed E-state index contributed by atoms with van der Waals surface area (Å²) in [5, 5.41) is 5.88. The van der Waals surface area contributed by atoms with Gasteiger partial charge in [0.05, 0.1) is 17.9 Å². The highest BCUT2D eigenvalue weighted by Gasteiger charge is 2.09. The maximum atomic E-state index is 12.3. The minimum Gasteiger partial charge on any atom is -0.383 e. The third-order valence-electron chi connectivity index (χ3n) is 2.85. The summed E-state index contributed by atoms with van der Waals surface area (Å²) in [6, 6.07) is 3.71. The fourth-order valence-electron chi connectivity index (χ4n) is 1.89. The van der Waals surface area contributed by atoms with Crippen molar-refractivity contribution in [3.63, 3.8) is 0 Å². The lowest BCUT2D eigenvalue weighted by atomic mass is 10.2.